The van der Waals surface area contributed by atoms with Gasteiger partial charge in [0.1, 0.15) is 11.2 Å². The molecule has 114 valence electrons. The highest BCUT2D eigenvalue weighted by atomic mass is 16.3. The van der Waals surface area contributed by atoms with Gasteiger partial charge in [-0.1, -0.05) is 13.8 Å². The molecule has 0 amide bonds. The largest absolute Gasteiger partial charge is 0.393 e. The van der Waals surface area contributed by atoms with E-state index in [2.05, 4.69) is 0 Å². The normalized spacial score (nSPS) is 44.9. The zero-order valence-electron chi connectivity index (χ0n) is 12.4. The van der Waals surface area contributed by atoms with Crippen LogP contribution in [0.25, 0.3) is 0 Å². The zero-order chi connectivity index (χ0) is 15.4. The van der Waals surface area contributed by atoms with E-state index < -0.39 is 29.0 Å². The number of hydrogen-bond donors (Lipinski definition) is 3. The van der Waals surface area contributed by atoms with Crippen LogP contribution >= 0.6 is 0 Å². The number of carbonyl (C=O) groups excluding carboxylic acids is 2. The van der Waals surface area contributed by atoms with Crippen molar-refractivity contribution >= 4 is 11.6 Å². The number of aliphatic hydroxyl groups excluding tert-OH is 1. The Labute approximate surface area is 119 Å². The van der Waals surface area contributed by atoms with Crippen molar-refractivity contribution in [2.45, 2.75) is 64.1 Å². The van der Waals surface area contributed by atoms with Crippen LogP contribution < -0.4 is 0 Å². The first-order valence-electron chi connectivity index (χ1n) is 7.15. The zero-order valence-corrected chi connectivity index (χ0v) is 12.4. The maximum atomic E-state index is 12.3. The van der Waals surface area contributed by atoms with Crippen LogP contribution in [0.4, 0.5) is 0 Å². The summed E-state index contributed by atoms with van der Waals surface area (Å²) in [7, 11) is 0. The highest BCUT2D eigenvalue weighted by molar-refractivity contribution is 5.93. The van der Waals surface area contributed by atoms with Crippen LogP contribution in [0.5, 0.6) is 0 Å². The first-order valence-corrected chi connectivity index (χ1v) is 7.15. The van der Waals surface area contributed by atoms with Crippen molar-refractivity contribution in [2.24, 2.45) is 10.8 Å². The van der Waals surface area contributed by atoms with Gasteiger partial charge in [0.15, 0.2) is 11.6 Å². The van der Waals surface area contributed by atoms with Crippen molar-refractivity contribution in [3.63, 3.8) is 0 Å². The fourth-order valence-electron chi connectivity index (χ4n) is 4.08. The summed E-state index contributed by atoms with van der Waals surface area (Å²) in [5, 5.41) is 30.1. The second-order valence-electron chi connectivity index (χ2n) is 7.25. The molecule has 5 heteroatoms. The summed E-state index contributed by atoms with van der Waals surface area (Å²) in [5.41, 5.74) is -4.54. The average molecular weight is 284 g/mol. The SMILES string of the molecule is CC1(C)CCC(=O)C(C)(O)C12CCC(O)(CO)C(=O)C2. The number of rotatable bonds is 1. The molecule has 3 unspecified atom stereocenters. The summed E-state index contributed by atoms with van der Waals surface area (Å²) in [4.78, 5) is 24.4. The number of hydrogen-bond acceptors (Lipinski definition) is 5. The molecule has 5 nitrogen and oxygen atoms in total. The Morgan fingerprint density at radius 1 is 1.00 bits per heavy atom. The van der Waals surface area contributed by atoms with Crippen LogP contribution in [-0.4, -0.2) is 44.7 Å². The van der Waals surface area contributed by atoms with Crippen molar-refractivity contribution < 1.29 is 24.9 Å². The van der Waals surface area contributed by atoms with Gasteiger partial charge in [0.2, 0.25) is 0 Å². The van der Waals surface area contributed by atoms with Crippen molar-refractivity contribution in [2.75, 3.05) is 6.61 Å². The van der Waals surface area contributed by atoms with Crippen molar-refractivity contribution in [3.05, 3.63) is 0 Å². The first kappa shape index (κ1) is 15.6. The number of Topliss-reactive ketones (excluding diaryl/α,β-unsaturated/α-hetero) is 2. The molecule has 2 saturated carbocycles. The summed E-state index contributed by atoms with van der Waals surface area (Å²) in [6, 6.07) is 0. The second kappa shape index (κ2) is 4.36. The fourth-order valence-corrected chi connectivity index (χ4v) is 4.08. The molecule has 0 bridgehead atoms. The molecule has 3 N–H and O–H groups in total. The van der Waals surface area contributed by atoms with E-state index in [4.69, 9.17) is 0 Å². The van der Waals surface area contributed by atoms with Gasteiger partial charge in [-0.25, -0.2) is 0 Å². The van der Waals surface area contributed by atoms with Crippen LogP contribution in [0, 0.1) is 10.8 Å². The molecule has 2 fully saturated rings. The standard InChI is InChI=1S/C15H24O5/c1-12(2)5-4-10(17)13(3,19)15(12)7-6-14(20,9-16)11(18)8-15/h16,19-20H,4-9H2,1-3H3. The third-order valence-electron chi connectivity index (χ3n) is 5.96. The van der Waals surface area contributed by atoms with Crippen LogP contribution in [-0.2, 0) is 9.59 Å². The maximum absolute atomic E-state index is 12.3. The maximum Gasteiger partial charge on any atom is 0.167 e. The summed E-state index contributed by atoms with van der Waals surface area (Å²) >= 11 is 0. The third-order valence-corrected chi connectivity index (χ3v) is 5.96. The Morgan fingerprint density at radius 2 is 1.60 bits per heavy atom. The van der Waals surface area contributed by atoms with Gasteiger partial charge in [0.25, 0.3) is 0 Å². The highest BCUT2D eigenvalue weighted by Gasteiger charge is 2.65. The first-order chi connectivity index (χ1) is 9.02. The van der Waals surface area contributed by atoms with E-state index in [9.17, 15) is 24.9 Å². The molecule has 1 spiro atoms. The lowest BCUT2D eigenvalue weighted by molar-refractivity contribution is -0.204. The molecule has 0 aromatic heterocycles. The molecule has 0 saturated heterocycles. The van der Waals surface area contributed by atoms with Crippen molar-refractivity contribution in [1.82, 2.24) is 0 Å². The summed E-state index contributed by atoms with van der Waals surface area (Å²) < 4.78 is 0. The molecule has 0 aliphatic heterocycles. The molecule has 3 atom stereocenters. The molecule has 0 aromatic rings. The van der Waals surface area contributed by atoms with E-state index in [1.54, 1.807) is 0 Å². The molecule has 0 radical (unpaired) electrons. The molecular formula is C15H24O5. The molecule has 2 rings (SSSR count). The van der Waals surface area contributed by atoms with E-state index in [-0.39, 0.29) is 24.0 Å². The van der Waals surface area contributed by atoms with E-state index in [0.717, 1.165) is 0 Å². The minimum Gasteiger partial charge on any atom is -0.393 e. The van der Waals surface area contributed by atoms with Crippen molar-refractivity contribution in [3.8, 4) is 0 Å². The van der Waals surface area contributed by atoms with Crippen molar-refractivity contribution in [1.29, 1.82) is 0 Å². The summed E-state index contributed by atoms with van der Waals surface area (Å²) in [6.07, 6.45) is 1.28. The molecule has 20 heavy (non-hydrogen) atoms. The summed E-state index contributed by atoms with van der Waals surface area (Å²) in [6.45, 7) is 4.81. The lowest BCUT2D eigenvalue weighted by atomic mass is 9.45. The quantitative estimate of drug-likeness (QED) is 0.655. The predicted molar refractivity (Wildman–Crippen MR) is 72.0 cm³/mol. The van der Waals surface area contributed by atoms with E-state index in [0.29, 0.717) is 19.3 Å². The number of ketones is 2. The Balaban J connectivity index is 2.47. The molecule has 2 aliphatic rings. The van der Waals surface area contributed by atoms with Crippen LogP contribution in [0.3, 0.4) is 0 Å². The summed E-state index contributed by atoms with van der Waals surface area (Å²) in [5.74, 6) is -0.714. The molecule has 0 aromatic carbocycles. The Morgan fingerprint density at radius 3 is 2.10 bits per heavy atom. The second-order valence-corrected chi connectivity index (χ2v) is 7.25. The van der Waals surface area contributed by atoms with Gasteiger partial charge in [0.05, 0.1) is 6.61 Å². The van der Waals surface area contributed by atoms with E-state index in [1.165, 1.54) is 6.92 Å². The van der Waals surface area contributed by atoms with Gasteiger partial charge in [-0.05, 0) is 31.6 Å². The lowest BCUT2D eigenvalue weighted by Crippen LogP contribution is -2.66. The molecular weight excluding hydrogens is 260 g/mol. The Bertz CT molecular complexity index is 453. The van der Waals surface area contributed by atoms with E-state index in [1.807, 2.05) is 13.8 Å². The third kappa shape index (κ3) is 1.80. The van der Waals surface area contributed by atoms with Crippen LogP contribution in [0.2, 0.25) is 0 Å². The topological polar surface area (TPSA) is 94.8 Å². The Kier molecular flexibility index (Phi) is 3.40. The van der Waals surface area contributed by atoms with Gasteiger partial charge < -0.3 is 15.3 Å². The monoisotopic (exact) mass is 284 g/mol. The lowest BCUT2D eigenvalue weighted by Gasteiger charge is -2.60. The highest BCUT2D eigenvalue weighted by Crippen LogP contribution is 2.61. The van der Waals surface area contributed by atoms with E-state index >= 15 is 0 Å². The number of carbonyl (C=O) groups is 2. The van der Waals surface area contributed by atoms with Gasteiger partial charge in [-0.15, -0.1) is 0 Å². The van der Waals surface area contributed by atoms with Crippen LogP contribution in [0.15, 0.2) is 0 Å². The fraction of sp³-hybridized carbons (Fsp3) is 0.867. The van der Waals surface area contributed by atoms with Gasteiger partial charge in [-0.2, -0.15) is 0 Å². The van der Waals surface area contributed by atoms with Crippen LogP contribution in [0.1, 0.15) is 52.9 Å². The smallest absolute Gasteiger partial charge is 0.167 e. The van der Waals surface area contributed by atoms with Gasteiger partial charge >= 0.3 is 0 Å². The minimum atomic E-state index is -1.72. The van der Waals surface area contributed by atoms with Gasteiger partial charge in [-0.3, -0.25) is 9.59 Å². The Hall–Kier alpha value is -0.780. The minimum absolute atomic E-state index is 0.0736. The molecule has 2 aliphatic carbocycles. The average Bonchev–Trinajstić information content (AvgIpc) is 2.37. The van der Waals surface area contributed by atoms with Gasteiger partial charge in [0, 0.05) is 18.3 Å². The number of aliphatic hydroxyl groups is 3. The molecule has 0 heterocycles. The predicted octanol–water partition coefficient (Wildman–Crippen LogP) is 0.589.